The van der Waals surface area contributed by atoms with Gasteiger partial charge in [0.2, 0.25) is 5.91 Å². The van der Waals surface area contributed by atoms with Gasteiger partial charge in [0.1, 0.15) is 0 Å². The number of piperidine rings is 1. The zero-order valence-corrected chi connectivity index (χ0v) is 19.6. The van der Waals surface area contributed by atoms with Gasteiger partial charge in [-0.3, -0.25) is 14.6 Å². The highest BCUT2D eigenvalue weighted by molar-refractivity contribution is 5.78. The molecule has 6 heteroatoms. The summed E-state index contributed by atoms with van der Waals surface area (Å²) < 4.78 is 1.92. The molecule has 2 aromatic carbocycles. The minimum Gasteiger partial charge on any atom is -0.352 e. The summed E-state index contributed by atoms with van der Waals surface area (Å²) >= 11 is 0. The second kappa shape index (κ2) is 10.8. The molecule has 176 valence electrons. The fraction of sp³-hybridized carbons (Fsp3) is 0.357. The van der Waals surface area contributed by atoms with E-state index in [0.717, 1.165) is 63.2 Å². The number of nitrogens with zero attached hydrogens (tertiary/aromatic N) is 4. The lowest BCUT2D eigenvalue weighted by atomic mass is 10.0. The van der Waals surface area contributed by atoms with Crippen molar-refractivity contribution in [3.63, 3.8) is 0 Å². The zero-order chi connectivity index (χ0) is 23.2. The molecule has 0 unspecified atom stereocenters. The molecule has 0 spiro atoms. The molecule has 1 fully saturated rings. The van der Waals surface area contributed by atoms with Crippen LogP contribution in [0.5, 0.6) is 0 Å². The van der Waals surface area contributed by atoms with Gasteiger partial charge in [0.15, 0.2) is 0 Å². The van der Waals surface area contributed by atoms with E-state index in [0.29, 0.717) is 12.6 Å². The number of carbonyl (C=O) groups is 1. The van der Waals surface area contributed by atoms with Gasteiger partial charge in [0, 0.05) is 50.5 Å². The first-order valence-corrected chi connectivity index (χ1v) is 12.3. The topological polar surface area (TPSA) is 53.4 Å². The van der Waals surface area contributed by atoms with Crippen molar-refractivity contribution in [1.82, 2.24) is 24.9 Å². The van der Waals surface area contributed by atoms with E-state index in [2.05, 4.69) is 75.0 Å². The Morgan fingerprint density at radius 3 is 2.38 bits per heavy atom. The summed E-state index contributed by atoms with van der Waals surface area (Å²) in [6, 6.07) is 21.1. The Hall–Kier alpha value is -3.22. The predicted octanol–water partition coefficient (Wildman–Crippen LogP) is 3.74. The standard InChI is InChI=1S/C28H33N5O/c34-28(30-26-13-17-31(18-14-26)20-23-7-3-1-4-8-23)22-32-15-11-24(12-16-32)25-19-29-33(21-25)27-9-5-2-6-10-27/h1-11,19,21,26H,12-18,20,22H2,(H,30,34). The van der Waals surface area contributed by atoms with E-state index in [1.54, 1.807) is 0 Å². The van der Waals surface area contributed by atoms with Gasteiger partial charge < -0.3 is 5.32 Å². The first kappa shape index (κ1) is 22.6. The van der Waals surface area contributed by atoms with Crippen molar-refractivity contribution in [1.29, 1.82) is 0 Å². The summed E-state index contributed by atoms with van der Waals surface area (Å²) in [5.41, 5.74) is 4.89. The van der Waals surface area contributed by atoms with Crippen molar-refractivity contribution < 1.29 is 4.79 Å². The highest BCUT2D eigenvalue weighted by Gasteiger charge is 2.22. The van der Waals surface area contributed by atoms with Crippen molar-refractivity contribution >= 4 is 11.5 Å². The summed E-state index contributed by atoms with van der Waals surface area (Å²) in [6.45, 7) is 5.23. The van der Waals surface area contributed by atoms with Gasteiger partial charge in [-0.25, -0.2) is 4.68 Å². The van der Waals surface area contributed by atoms with E-state index >= 15 is 0 Å². The van der Waals surface area contributed by atoms with Crippen LogP contribution in [0.1, 0.15) is 30.4 Å². The van der Waals surface area contributed by atoms with E-state index < -0.39 is 0 Å². The second-order valence-corrected chi connectivity index (χ2v) is 9.33. The van der Waals surface area contributed by atoms with Crippen LogP contribution in [0.4, 0.5) is 0 Å². The summed E-state index contributed by atoms with van der Waals surface area (Å²) in [5.74, 6) is 0.148. The number of hydrogen-bond acceptors (Lipinski definition) is 4. The van der Waals surface area contributed by atoms with Crippen molar-refractivity contribution in [3.8, 4) is 5.69 Å². The zero-order valence-electron chi connectivity index (χ0n) is 19.6. The molecule has 2 aliphatic rings. The van der Waals surface area contributed by atoms with Gasteiger partial charge in [0.05, 0.1) is 18.4 Å². The lowest BCUT2D eigenvalue weighted by molar-refractivity contribution is -0.123. The van der Waals surface area contributed by atoms with Crippen LogP contribution in [-0.4, -0.2) is 64.3 Å². The first-order valence-electron chi connectivity index (χ1n) is 12.3. The summed E-state index contributed by atoms with van der Waals surface area (Å²) in [5, 5.41) is 7.79. The van der Waals surface area contributed by atoms with Gasteiger partial charge in [-0.1, -0.05) is 54.6 Å². The third kappa shape index (κ3) is 5.82. The van der Waals surface area contributed by atoms with Crippen molar-refractivity contribution in [3.05, 3.63) is 90.3 Å². The number of likely N-dealkylation sites (tertiary alicyclic amines) is 1. The van der Waals surface area contributed by atoms with Gasteiger partial charge in [-0.2, -0.15) is 5.10 Å². The molecule has 1 aromatic heterocycles. The summed E-state index contributed by atoms with van der Waals surface area (Å²) in [6.07, 6.45) is 9.25. The third-order valence-corrected chi connectivity index (χ3v) is 6.84. The molecule has 0 atom stereocenters. The Bertz CT molecular complexity index is 1100. The maximum atomic E-state index is 12.7. The number of nitrogens with one attached hydrogen (secondary N) is 1. The molecule has 1 amide bonds. The highest BCUT2D eigenvalue weighted by atomic mass is 16.2. The molecule has 0 bridgehead atoms. The Morgan fingerprint density at radius 2 is 1.68 bits per heavy atom. The van der Waals surface area contributed by atoms with Crippen molar-refractivity contribution in [2.45, 2.75) is 31.8 Å². The minimum atomic E-state index is 0.148. The number of hydrogen-bond donors (Lipinski definition) is 1. The smallest absolute Gasteiger partial charge is 0.234 e. The Balaban J connectivity index is 1.06. The fourth-order valence-corrected chi connectivity index (χ4v) is 4.88. The first-order chi connectivity index (χ1) is 16.7. The number of carbonyl (C=O) groups excluding carboxylic acids is 1. The van der Waals surface area contributed by atoms with E-state index in [1.807, 2.05) is 29.1 Å². The molecule has 34 heavy (non-hydrogen) atoms. The molecule has 1 N–H and O–H groups in total. The molecule has 0 radical (unpaired) electrons. The second-order valence-electron chi connectivity index (χ2n) is 9.33. The normalized spacial score (nSPS) is 17.9. The molecule has 0 aliphatic carbocycles. The van der Waals surface area contributed by atoms with E-state index in [1.165, 1.54) is 11.1 Å². The average molecular weight is 456 g/mol. The predicted molar refractivity (Wildman–Crippen MR) is 135 cm³/mol. The van der Waals surface area contributed by atoms with Crippen LogP contribution >= 0.6 is 0 Å². The number of para-hydroxylation sites is 1. The van der Waals surface area contributed by atoms with E-state index in [-0.39, 0.29) is 5.91 Å². The molecule has 2 aliphatic heterocycles. The van der Waals surface area contributed by atoms with Gasteiger partial charge >= 0.3 is 0 Å². The van der Waals surface area contributed by atoms with Gasteiger partial charge in [-0.05, 0) is 42.5 Å². The lowest BCUT2D eigenvalue weighted by Gasteiger charge is -2.33. The Labute approximate surface area is 201 Å². The van der Waals surface area contributed by atoms with Gasteiger partial charge in [-0.15, -0.1) is 0 Å². The molecule has 5 rings (SSSR count). The molecule has 1 saturated heterocycles. The SMILES string of the molecule is O=C(CN1CC=C(c2cnn(-c3ccccc3)c2)CC1)NC1CCN(Cc2ccccc2)CC1. The fourth-order valence-electron chi connectivity index (χ4n) is 4.88. The molecule has 3 aromatic rings. The average Bonchev–Trinajstić information content (AvgIpc) is 3.37. The molecular formula is C28H33N5O. The third-order valence-electron chi connectivity index (χ3n) is 6.84. The monoisotopic (exact) mass is 455 g/mol. The van der Waals surface area contributed by atoms with E-state index in [9.17, 15) is 4.79 Å². The van der Waals surface area contributed by atoms with E-state index in [4.69, 9.17) is 0 Å². The van der Waals surface area contributed by atoms with Crippen LogP contribution in [0.2, 0.25) is 0 Å². The van der Waals surface area contributed by atoms with Crippen LogP contribution in [0.25, 0.3) is 11.3 Å². The van der Waals surface area contributed by atoms with Crippen molar-refractivity contribution in [2.24, 2.45) is 0 Å². The van der Waals surface area contributed by atoms with Crippen LogP contribution in [0, 0.1) is 0 Å². The quantitative estimate of drug-likeness (QED) is 0.590. The maximum absolute atomic E-state index is 12.7. The lowest BCUT2D eigenvalue weighted by Crippen LogP contribution is -2.47. The number of benzene rings is 2. The molecule has 3 heterocycles. The summed E-state index contributed by atoms with van der Waals surface area (Å²) in [4.78, 5) is 17.4. The number of aromatic nitrogens is 2. The van der Waals surface area contributed by atoms with Crippen LogP contribution in [0.3, 0.4) is 0 Å². The molecular weight excluding hydrogens is 422 g/mol. The minimum absolute atomic E-state index is 0.148. The van der Waals surface area contributed by atoms with Crippen LogP contribution < -0.4 is 5.32 Å². The van der Waals surface area contributed by atoms with Gasteiger partial charge in [0.25, 0.3) is 0 Å². The number of amides is 1. The summed E-state index contributed by atoms with van der Waals surface area (Å²) in [7, 11) is 0. The van der Waals surface area contributed by atoms with Crippen molar-refractivity contribution in [2.75, 3.05) is 32.7 Å². The maximum Gasteiger partial charge on any atom is 0.234 e. The van der Waals surface area contributed by atoms with Crippen LogP contribution in [0.15, 0.2) is 79.1 Å². The molecule has 6 nitrogen and oxygen atoms in total. The Morgan fingerprint density at radius 1 is 0.941 bits per heavy atom. The number of rotatable bonds is 7. The largest absolute Gasteiger partial charge is 0.352 e. The Kier molecular flexibility index (Phi) is 7.17. The highest BCUT2D eigenvalue weighted by Crippen LogP contribution is 2.23. The van der Waals surface area contributed by atoms with Crippen LogP contribution in [-0.2, 0) is 11.3 Å². The molecule has 0 saturated carbocycles.